The van der Waals surface area contributed by atoms with Crippen molar-refractivity contribution in [2.24, 2.45) is 0 Å². The smallest absolute Gasteiger partial charge is 0.337 e. The second kappa shape index (κ2) is 6.32. The van der Waals surface area contributed by atoms with Gasteiger partial charge in [0.25, 0.3) is 0 Å². The van der Waals surface area contributed by atoms with Crippen LogP contribution in [0.5, 0.6) is 5.75 Å². The Kier molecular flexibility index (Phi) is 4.24. The molecule has 4 heteroatoms. The monoisotopic (exact) mass is 311 g/mol. The van der Waals surface area contributed by atoms with E-state index in [-0.39, 0.29) is 5.97 Å². The van der Waals surface area contributed by atoms with Crippen LogP contribution in [0, 0.1) is 6.92 Å². The molecule has 2 aromatic carbocycles. The molecular formula is C19H21NO3. The third-order valence-electron chi connectivity index (χ3n) is 4.37. The van der Waals surface area contributed by atoms with Crippen molar-refractivity contribution in [3.63, 3.8) is 0 Å². The summed E-state index contributed by atoms with van der Waals surface area (Å²) in [7, 11) is 1.38. The number of carbonyl (C=O) groups is 1. The van der Waals surface area contributed by atoms with Crippen LogP contribution in [0.2, 0.25) is 0 Å². The van der Waals surface area contributed by atoms with E-state index in [0.717, 1.165) is 29.7 Å². The lowest BCUT2D eigenvalue weighted by Gasteiger charge is -2.13. The Morgan fingerprint density at radius 2 is 1.91 bits per heavy atom. The van der Waals surface area contributed by atoms with Crippen LogP contribution in [0.1, 0.15) is 39.0 Å². The summed E-state index contributed by atoms with van der Waals surface area (Å²) in [5.74, 6) is 0.408. The minimum Gasteiger partial charge on any atom is -0.487 e. The molecule has 0 amide bonds. The Morgan fingerprint density at radius 1 is 1.17 bits per heavy atom. The summed E-state index contributed by atoms with van der Waals surface area (Å²) in [6.07, 6.45) is 3.39. The molecule has 23 heavy (non-hydrogen) atoms. The summed E-state index contributed by atoms with van der Waals surface area (Å²) in [5, 5.41) is 0. The molecule has 2 N–H and O–H groups in total. The van der Waals surface area contributed by atoms with E-state index in [1.807, 2.05) is 25.1 Å². The Balaban J connectivity index is 1.75. The van der Waals surface area contributed by atoms with Gasteiger partial charge in [-0.3, -0.25) is 0 Å². The number of aryl methyl sites for hydroxylation is 3. The molecule has 3 rings (SSSR count). The molecule has 0 saturated carbocycles. The van der Waals surface area contributed by atoms with Crippen molar-refractivity contribution in [3.8, 4) is 5.75 Å². The van der Waals surface area contributed by atoms with Crippen LogP contribution in [0.25, 0.3) is 0 Å². The second-order valence-electron chi connectivity index (χ2n) is 5.93. The van der Waals surface area contributed by atoms with Gasteiger partial charge in [0.05, 0.1) is 18.4 Å². The van der Waals surface area contributed by atoms with Gasteiger partial charge in [0.1, 0.15) is 12.4 Å². The van der Waals surface area contributed by atoms with Crippen LogP contribution in [-0.2, 0) is 24.2 Å². The predicted octanol–water partition coefficient (Wildman–Crippen LogP) is 3.43. The minimum absolute atomic E-state index is 0.330. The van der Waals surface area contributed by atoms with Gasteiger partial charge in [-0.1, -0.05) is 6.07 Å². The molecule has 0 saturated heterocycles. The first kappa shape index (κ1) is 15.4. The van der Waals surface area contributed by atoms with Crippen molar-refractivity contribution < 1.29 is 14.3 Å². The van der Waals surface area contributed by atoms with Crippen molar-refractivity contribution >= 4 is 11.7 Å². The number of anilines is 1. The van der Waals surface area contributed by atoms with Crippen molar-refractivity contribution in [2.45, 2.75) is 32.8 Å². The Labute approximate surface area is 136 Å². The van der Waals surface area contributed by atoms with Crippen molar-refractivity contribution in [1.82, 2.24) is 0 Å². The average Bonchev–Trinajstić information content (AvgIpc) is 2.99. The third kappa shape index (κ3) is 3.16. The van der Waals surface area contributed by atoms with E-state index in [1.54, 1.807) is 6.07 Å². The number of nitrogens with two attached hydrogens (primary N) is 1. The lowest BCUT2D eigenvalue weighted by atomic mass is 10.1. The van der Waals surface area contributed by atoms with Gasteiger partial charge < -0.3 is 15.2 Å². The zero-order valence-corrected chi connectivity index (χ0v) is 13.5. The highest BCUT2D eigenvalue weighted by molar-refractivity contribution is 5.89. The van der Waals surface area contributed by atoms with Crippen LogP contribution in [0.4, 0.5) is 5.69 Å². The second-order valence-corrected chi connectivity index (χ2v) is 5.93. The summed E-state index contributed by atoms with van der Waals surface area (Å²) in [6.45, 7) is 2.38. The number of hydrogen-bond donors (Lipinski definition) is 1. The maximum Gasteiger partial charge on any atom is 0.337 e. The summed E-state index contributed by atoms with van der Waals surface area (Å²) in [5.41, 5.74) is 12.0. The molecule has 0 radical (unpaired) electrons. The van der Waals surface area contributed by atoms with Crippen molar-refractivity contribution in [3.05, 3.63) is 58.1 Å². The molecule has 0 aliphatic heterocycles. The molecule has 1 aliphatic rings. The number of esters is 1. The number of rotatable bonds is 4. The number of fused-ring (bicyclic) bond motifs is 1. The Bertz CT molecular complexity index is 753. The van der Waals surface area contributed by atoms with Gasteiger partial charge in [0, 0.05) is 0 Å². The largest absolute Gasteiger partial charge is 0.487 e. The zero-order chi connectivity index (χ0) is 16.4. The number of hydrogen-bond acceptors (Lipinski definition) is 4. The molecule has 0 spiro atoms. The van der Waals surface area contributed by atoms with Crippen LogP contribution < -0.4 is 10.5 Å². The Morgan fingerprint density at radius 3 is 2.61 bits per heavy atom. The van der Waals surface area contributed by atoms with Gasteiger partial charge in [-0.2, -0.15) is 0 Å². The van der Waals surface area contributed by atoms with E-state index in [0.29, 0.717) is 17.9 Å². The number of benzene rings is 2. The van der Waals surface area contributed by atoms with E-state index < -0.39 is 0 Å². The lowest BCUT2D eigenvalue weighted by Crippen LogP contribution is -2.05. The first-order valence-corrected chi connectivity index (χ1v) is 7.80. The molecule has 0 heterocycles. The third-order valence-corrected chi connectivity index (χ3v) is 4.37. The maximum absolute atomic E-state index is 11.5. The van der Waals surface area contributed by atoms with Gasteiger partial charge in [-0.15, -0.1) is 0 Å². The summed E-state index contributed by atoms with van der Waals surface area (Å²) < 4.78 is 10.6. The fourth-order valence-corrected chi connectivity index (χ4v) is 3.00. The SMILES string of the molecule is COC(=O)c1ccc(COc2cc3c(cc2N)CCC3)c(C)c1. The fraction of sp³-hybridized carbons (Fsp3) is 0.316. The van der Waals surface area contributed by atoms with Gasteiger partial charge in [0.2, 0.25) is 0 Å². The molecule has 120 valence electrons. The molecule has 0 unspecified atom stereocenters. The van der Waals surface area contributed by atoms with E-state index in [2.05, 4.69) is 6.07 Å². The zero-order valence-electron chi connectivity index (χ0n) is 13.5. The quantitative estimate of drug-likeness (QED) is 0.694. The van der Waals surface area contributed by atoms with E-state index in [1.165, 1.54) is 24.7 Å². The molecule has 0 fully saturated rings. The summed E-state index contributed by atoms with van der Waals surface area (Å²) in [4.78, 5) is 11.5. The maximum atomic E-state index is 11.5. The standard InChI is InChI=1S/C19H21NO3/c1-12-8-15(19(21)22-2)6-7-16(12)11-23-18-10-14-5-3-4-13(14)9-17(18)20/h6-10H,3-5,11,20H2,1-2H3. The van der Waals surface area contributed by atoms with Crippen LogP contribution in [-0.4, -0.2) is 13.1 Å². The van der Waals surface area contributed by atoms with E-state index in [9.17, 15) is 4.79 Å². The predicted molar refractivity (Wildman–Crippen MR) is 89.7 cm³/mol. The van der Waals surface area contributed by atoms with Gasteiger partial charge in [0.15, 0.2) is 0 Å². The normalized spacial score (nSPS) is 12.8. The molecule has 1 aliphatic carbocycles. The summed E-state index contributed by atoms with van der Waals surface area (Å²) >= 11 is 0. The minimum atomic E-state index is -0.330. The Hall–Kier alpha value is -2.49. The van der Waals surface area contributed by atoms with Gasteiger partial charge >= 0.3 is 5.97 Å². The first-order chi connectivity index (χ1) is 11.1. The van der Waals surface area contributed by atoms with Crippen LogP contribution >= 0.6 is 0 Å². The molecule has 2 aromatic rings. The van der Waals surface area contributed by atoms with Crippen molar-refractivity contribution in [1.29, 1.82) is 0 Å². The highest BCUT2D eigenvalue weighted by Crippen LogP contribution is 2.32. The first-order valence-electron chi connectivity index (χ1n) is 7.80. The molecule has 4 nitrogen and oxygen atoms in total. The highest BCUT2D eigenvalue weighted by Gasteiger charge is 2.15. The van der Waals surface area contributed by atoms with E-state index in [4.69, 9.17) is 15.2 Å². The van der Waals surface area contributed by atoms with Gasteiger partial charge in [-0.05, 0) is 72.7 Å². The molecule has 0 atom stereocenters. The molecular weight excluding hydrogens is 290 g/mol. The van der Waals surface area contributed by atoms with Gasteiger partial charge in [-0.25, -0.2) is 4.79 Å². The highest BCUT2D eigenvalue weighted by atomic mass is 16.5. The van der Waals surface area contributed by atoms with Crippen LogP contribution in [0.15, 0.2) is 30.3 Å². The lowest BCUT2D eigenvalue weighted by molar-refractivity contribution is 0.0600. The number of ether oxygens (including phenoxy) is 2. The average molecular weight is 311 g/mol. The van der Waals surface area contributed by atoms with Crippen LogP contribution in [0.3, 0.4) is 0 Å². The number of methoxy groups -OCH3 is 1. The van der Waals surface area contributed by atoms with Crippen molar-refractivity contribution in [2.75, 3.05) is 12.8 Å². The topological polar surface area (TPSA) is 61.5 Å². The number of carbonyl (C=O) groups excluding carboxylic acids is 1. The molecule has 0 aromatic heterocycles. The summed E-state index contributed by atoms with van der Waals surface area (Å²) in [6, 6.07) is 9.56. The number of nitrogen functional groups attached to an aromatic ring is 1. The fourth-order valence-electron chi connectivity index (χ4n) is 3.00. The van der Waals surface area contributed by atoms with E-state index >= 15 is 0 Å². The molecule has 0 bridgehead atoms.